The molecule has 4 nitrogen and oxygen atoms in total. The van der Waals surface area contributed by atoms with Gasteiger partial charge in [-0.05, 0) is 58.3 Å². The summed E-state index contributed by atoms with van der Waals surface area (Å²) in [6.07, 6.45) is 2.64. The molecule has 2 rings (SSSR count). The standard InChI is InChI=1S/C19H28ClFN2O2/c1-14(2)25-12-4-9-22-19(24)15-7-10-23(11-8-15)13-16-17(20)5-3-6-18(16)21/h3,5-6,14-15H,4,7-13H2,1-2H3,(H,22,24). The van der Waals surface area contributed by atoms with E-state index in [-0.39, 0.29) is 23.7 Å². The Morgan fingerprint density at radius 1 is 1.40 bits per heavy atom. The van der Waals surface area contributed by atoms with Crippen molar-refractivity contribution in [2.45, 2.75) is 45.8 Å². The van der Waals surface area contributed by atoms with Crippen molar-refractivity contribution in [2.24, 2.45) is 5.92 Å². The van der Waals surface area contributed by atoms with E-state index in [0.717, 1.165) is 32.4 Å². The zero-order valence-electron chi connectivity index (χ0n) is 15.1. The van der Waals surface area contributed by atoms with Crippen LogP contribution in [0.4, 0.5) is 4.39 Å². The van der Waals surface area contributed by atoms with E-state index in [1.54, 1.807) is 12.1 Å². The lowest BCUT2D eigenvalue weighted by atomic mass is 9.95. The normalized spacial score (nSPS) is 16.4. The lowest BCUT2D eigenvalue weighted by Crippen LogP contribution is -2.40. The number of benzene rings is 1. The van der Waals surface area contributed by atoms with Gasteiger partial charge in [0.1, 0.15) is 5.82 Å². The molecule has 1 saturated heterocycles. The molecule has 0 saturated carbocycles. The number of piperidine rings is 1. The first-order valence-electron chi connectivity index (χ1n) is 9.02. The molecule has 6 heteroatoms. The zero-order chi connectivity index (χ0) is 18.2. The van der Waals surface area contributed by atoms with E-state index in [1.165, 1.54) is 6.07 Å². The molecule has 0 unspecified atom stereocenters. The van der Waals surface area contributed by atoms with Gasteiger partial charge in [0.25, 0.3) is 0 Å². The van der Waals surface area contributed by atoms with E-state index in [9.17, 15) is 9.18 Å². The molecule has 1 fully saturated rings. The van der Waals surface area contributed by atoms with Crippen LogP contribution in [-0.2, 0) is 16.1 Å². The van der Waals surface area contributed by atoms with Crippen molar-refractivity contribution in [3.63, 3.8) is 0 Å². The topological polar surface area (TPSA) is 41.6 Å². The number of nitrogens with one attached hydrogen (secondary N) is 1. The summed E-state index contributed by atoms with van der Waals surface area (Å²) in [5.74, 6) is -0.109. The fraction of sp³-hybridized carbons (Fsp3) is 0.632. The molecule has 1 amide bonds. The van der Waals surface area contributed by atoms with Gasteiger partial charge in [-0.25, -0.2) is 4.39 Å². The third-order valence-corrected chi connectivity index (χ3v) is 4.83. The van der Waals surface area contributed by atoms with Crippen LogP contribution in [-0.4, -0.2) is 43.2 Å². The largest absolute Gasteiger partial charge is 0.379 e. The Hall–Kier alpha value is -1.17. The van der Waals surface area contributed by atoms with Crippen LogP contribution in [0, 0.1) is 11.7 Å². The number of hydrogen-bond donors (Lipinski definition) is 1. The van der Waals surface area contributed by atoms with Crippen LogP contribution < -0.4 is 5.32 Å². The summed E-state index contributed by atoms with van der Waals surface area (Å²) >= 11 is 6.09. The van der Waals surface area contributed by atoms with Gasteiger partial charge in [0.2, 0.25) is 5.91 Å². The molecule has 1 N–H and O–H groups in total. The smallest absolute Gasteiger partial charge is 0.223 e. The van der Waals surface area contributed by atoms with Crippen molar-refractivity contribution in [1.82, 2.24) is 10.2 Å². The Balaban J connectivity index is 1.69. The quantitative estimate of drug-likeness (QED) is 0.710. The average molecular weight is 371 g/mol. The number of rotatable bonds is 8. The summed E-state index contributed by atoms with van der Waals surface area (Å²) < 4.78 is 19.3. The second-order valence-electron chi connectivity index (χ2n) is 6.81. The minimum Gasteiger partial charge on any atom is -0.379 e. The predicted octanol–water partition coefficient (Wildman–Crippen LogP) is 3.62. The Morgan fingerprint density at radius 2 is 2.12 bits per heavy atom. The van der Waals surface area contributed by atoms with E-state index in [1.807, 2.05) is 13.8 Å². The first-order chi connectivity index (χ1) is 12.0. The van der Waals surface area contributed by atoms with Crippen molar-refractivity contribution in [1.29, 1.82) is 0 Å². The van der Waals surface area contributed by atoms with E-state index in [0.29, 0.717) is 30.3 Å². The number of nitrogens with zero attached hydrogens (tertiary/aromatic N) is 1. The fourth-order valence-corrected chi connectivity index (χ4v) is 3.23. The van der Waals surface area contributed by atoms with Crippen LogP contribution in [0.1, 0.15) is 38.7 Å². The number of likely N-dealkylation sites (tertiary alicyclic amines) is 1. The van der Waals surface area contributed by atoms with Crippen molar-refractivity contribution < 1.29 is 13.9 Å². The van der Waals surface area contributed by atoms with Crippen LogP contribution >= 0.6 is 11.6 Å². The van der Waals surface area contributed by atoms with Crippen molar-refractivity contribution in [3.05, 3.63) is 34.6 Å². The number of ether oxygens (including phenoxy) is 1. The molecule has 1 heterocycles. The Morgan fingerprint density at radius 3 is 2.76 bits per heavy atom. The zero-order valence-corrected chi connectivity index (χ0v) is 15.8. The van der Waals surface area contributed by atoms with Gasteiger partial charge < -0.3 is 10.1 Å². The highest BCUT2D eigenvalue weighted by molar-refractivity contribution is 6.31. The molecule has 0 aromatic heterocycles. The van der Waals surface area contributed by atoms with Gasteiger partial charge in [-0.3, -0.25) is 9.69 Å². The number of hydrogen-bond acceptors (Lipinski definition) is 3. The molecule has 0 bridgehead atoms. The molecular formula is C19H28ClFN2O2. The van der Waals surface area contributed by atoms with Gasteiger partial charge in [-0.1, -0.05) is 17.7 Å². The third kappa shape index (κ3) is 6.57. The van der Waals surface area contributed by atoms with E-state index in [4.69, 9.17) is 16.3 Å². The molecule has 0 atom stereocenters. The fourth-order valence-electron chi connectivity index (χ4n) is 3.01. The highest BCUT2D eigenvalue weighted by Gasteiger charge is 2.25. The van der Waals surface area contributed by atoms with Crippen molar-refractivity contribution in [2.75, 3.05) is 26.2 Å². The van der Waals surface area contributed by atoms with Crippen molar-refractivity contribution >= 4 is 17.5 Å². The lowest BCUT2D eigenvalue weighted by molar-refractivity contribution is -0.126. The van der Waals surface area contributed by atoms with Crippen LogP contribution in [0.2, 0.25) is 5.02 Å². The number of carbonyl (C=O) groups is 1. The number of amides is 1. The van der Waals surface area contributed by atoms with Gasteiger partial charge in [0, 0.05) is 36.2 Å². The molecule has 0 spiro atoms. The first-order valence-corrected chi connectivity index (χ1v) is 9.39. The van der Waals surface area contributed by atoms with Crippen molar-refractivity contribution in [3.8, 4) is 0 Å². The maximum atomic E-state index is 13.9. The van der Waals surface area contributed by atoms with Crippen LogP contribution in [0.15, 0.2) is 18.2 Å². The van der Waals surface area contributed by atoms with Gasteiger partial charge >= 0.3 is 0 Å². The highest BCUT2D eigenvalue weighted by Crippen LogP contribution is 2.24. The predicted molar refractivity (Wildman–Crippen MR) is 98.1 cm³/mol. The van der Waals surface area contributed by atoms with Gasteiger partial charge in [-0.2, -0.15) is 0 Å². The minimum absolute atomic E-state index is 0.0401. The Labute approximate surface area is 154 Å². The highest BCUT2D eigenvalue weighted by atomic mass is 35.5. The summed E-state index contributed by atoms with van der Waals surface area (Å²) in [5.41, 5.74) is 0.539. The van der Waals surface area contributed by atoms with E-state index >= 15 is 0 Å². The number of halogens is 2. The average Bonchev–Trinajstić information content (AvgIpc) is 2.58. The molecule has 140 valence electrons. The minimum atomic E-state index is -0.268. The maximum absolute atomic E-state index is 13.9. The summed E-state index contributed by atoms with van der Waals surface area (Å²) in [5, 5.41) is 3.45. The lowest BCUT2D eigenvalue weighted by Gasteiger charge is -2.31. The first kappa shape index (κ1) is 20.1. The van der Waals surface area contributed by atoms with Gasteiger partial charge in [-0.15, -0.1) is 0 Å². The molecule has 0 aliphatic carbocycles. The molecule has 1 aliphatic rings. The molecule has 1 aromatic rings. The molecule has 1 aliphatic heterocycles. The summed E-state index contributed by atoms with van der Waals surface area (Å²) in [6.45, 7) is 7.36. The SMILES string of the molecule is CC(C)OCCCNC(=O)C1CCN(Cc2c(F)cccc2Cl)CC1. The molecule has 1 aromatic carbocycles. The van der Waals surface area contributed by atoms with E-state index < -0.39 is 0 Å². The summed E-state index contributed by atoms with van der Waals surface area (Å²) in [6, 6.07) is 4.76. The van der Waals surface area contributed by atoms with Crippen LogP contribution in [0.5, 0.6) is 0 Å². The molecular weight excluding hydrogens is 343 g/mol. The second-order valence-corrected chi connectivity index (χ2v) is 7.22. The summed E-state index contributed by atoms with van der Waals surface area (Å²) in [7, 11) is 0. The molecule has 0 radical (unpaired) electrons. The van der Waals surface area contributed by atoms with Crippen LogP contribution in [0.25, 0.3) is 0 Å². The van der Waals surface area contributed by atoms with E-state index in [2.05, 4.69) is 10.2 Å². The summed E-state index contributed by atoms with van der Waals surface area (Å²) in [4.78, 5) is 14.4. The maximum Gasteiger partial charge on any atom is 0.223 e. The van der Waals surface area contributed by atoms with Gasteiger partial charge in [0.15, 0.2) is 0 Å². The Bertz CT molecular complexity index is 540. The monoisotopic (exact) mass is 370 g/mol. The third-order valence-electron chi connectivity index (χ3n) is 4.47. The Kier molecular flexibility index (Phi) is 8.13. The molecule has 25 heavy (non-hydrogen) atoms. The van der Waals surface area contributed by atoms with Crippen LogP contribution in [0.3, 0.4) is 0 Å². The van der Waals surface area contributed by atoms with Gasteiger partial charge in [0.05, 0.1) is 6.10 Å². The second kappa shape index (κ2) is 10.1. The number of carbonyl (C=O) groups excluding carboxylic acids is 1.